The van der Waals surface area contributed by atoms with Crippen LogP contribution < -0.4 is 0 Å². The van der Waals surface area contributed by atoms with Gasteiger partial charge in [-0.2, -0.15) is 9.90 Å². The Morgan fingerprint density at radius 1 is 0.714 bits per heavy atom. The van der Waals surface area contributed by atoms with E-state index < -0.39 is 0 Å². The molecule has 0 N–H and O–H groups in total. The monoisotopic (exact) mass is 115 g/mol. The second-order valence-electron chi connectivity index (χ2n) is 0.794. The van der Waals surface area contributed by atoms with E-state index >= 15 is 0 Å². The average molecular weight is 115 g/mol. The predicted octanol–water partition coefficient (Wildman–Crippen LogP) is -0.0703. The second-order valence-corrected chi connectivity index (χ2v) is 0.794. The third-order valence-electron chi connectivity index (χ3n) is 0.400. The molecule has 0 amide bonds. The quantitative estimate of drug-likeness (QED) is 0.444. The molecule has 0 saturated carbocycles. The lowest BCUT2D eigenvalue weighted by Crippen LogP contribution is -1.73. The molecule has 0 radical (unpaired) electrons. The van der Waals surface area contributed by atoms with Gasteiger partial charge in [-0.05, 0) is 0 Å². The summed E-state index contributed by atoms with van der Waals surface area (Å²) in [7, 11) is 0. The molecule has 3 nitrogen and oxygen atoms in total. The highest BCUT2D eigenvalue weighted by atomic mass is 31.0. The Morgan fingerprint density at radius 3 is 1.14 bits per heavy atom. The van der Waals surface area contributed by atoms with Gasteiger partial charge in [0.25, 0.3) is 0 Å². The number of rotatable bonds is 0. The van der Waals surface area contributed by atoms with Gasteiger partial charge in [0, 0.05) is 0 Å². The standard InChI is InChI=1S/C3H3N3.H3P/c1-4-2-6-3-5-1;/h1-3H;1H3. The molecule has 0 fully saturated rings. The lowest BCUT2D eigenvalue weighted by Gasteiger charge is -1.69. The normalized spacial score (nSPS) is 6.86. The zero-order valence-corrected chi connectivity index (χ0v) is 5.20. The van der Waals surface area contributed by atoms with E-state index in [1.807, 2.05) is 0 Å². The Balaban J connectivity index is 0.000000360. The number of aromatic nitrogens is 3. The van der Waals surface area contributed by atoms with Gasteiger partial charge < -0.3 is 0 Å². The van der Waals surface area contributed by atoms with Crippen molar-refractivity contribution in [3.05, 3.63) is 19.0 Å². The molecular weight excluding hydrogens is 109 g/mol. The van der Waals surface area contributed by atoms with E-state index in [9.17, 15) is 0 Å². The van der Waals surface area contributed by atoms with Crippen molar-refractivity contribution in [1.82, 2.24) is 15.0 Å². The van der Waals surface area contributed by atoms with Crippen LogP contribution in [0, 0.1) is 0 Å². The molecule has 38 valence electrons. The summed E-state index contributed by atoms with van der Waals surface area (Å²) in [5.74, 6) is 0. The fourth-order valence-electron chi connectivity index (χ4n) is 0.205. The molecule has 1 unspecified atom stereocenters. The van der Waals surface area contributed by atoms with Crippen LogP contribution in [0.25, 0.3) is 0 Å². The highest BCUT2D eigenvalue weighted by Gasteiger charge is 1.59. The minimum Gasteiger partial charge on any atom is -0.225 e. The van der Waals surface area contributed by atoms with E-state index in [0.717, 1.165) is 0 Å². The van der Waals surface area contributed by atoms with Crippen LogP contribution in [0.2, 0.25) is 0 Å². The molecule has 0 bridgehead atoms. The van der Waals surface area contributed by atoms with Gasteiger partial charge in [0.15, 0.2) is 0 Å². The van der Waals surface area contributed by atoms with Crippen molar-refractivity contribution in [3.63, 3.8) is 0 Å². The van der Waals surface area contributed by atoms with Crippen molar-refractivity contribution in [2.75, 3.05) is 0 Å². The Labute approximate surface area is 44.8 Å². The summed E-state index contributed by atoms with van der Waals surface area (Å²) in [4.78, 5) is 10.7. The Hall–Kier alpha value is -0.560. The van der Waals surface area contributed by atoms with Gasteiger partial charge >= 0.3 is 0 Å². The minimum atomic E-state index is 0. The zero-order valence-electron chi connectivity index (χ0n) is 3.78. The fraction of sp³-hybridized carbons (Fsp3) is 0. The number of hydrogen-bond donors (Lipinski definition) is 0. The van der Waals surface area contributed by atoms with E-state index in [0.29, 0.717) is 0 Å². The van der Waals surface area contributed by atoms with Crippen LogP contribution >= 0.6 is 9.90 Å². The Bertz CT molecular complexity index is 82.1. The fourth-order valence-corrected chi connectivity index (χ4v) is 0.205. The third-order valence-corrected chi connectivity index (χ3v) is 0.400. The summed E-state index contributed by atoms with van der Waals surface area (Å²) in [5, 5.41) is 0. The maximum Gasteiger partial charge on any atom is 0.119 e. The second kappa shape index (κ2) is 3.62. The predicted molar refractivity (Wildman–Crippen MR) is 30.9 cm³/mol. The van der Waals surface area contributed by atoms with Crippen molar-refractivity contribution >= 4 is 9.90 Å². The maximum atomic E-state index is 3.56. The van der Waals surface area contributed by atoms with Crippen molar-refractivity contribution in [2.45, 2.75) is 0 Å². The SMILES string of the molecule is P.c1ncncn1. The highest BCUT2D eigenvalue weighted by Crippen LogP contribution is 1.57. The molecule has 0 saturated heterocycles. The lowest BCUT2D eigenvalue weighted by molar-refractivity contribution is 1.05. The summed E-state index contributed by atoms with van der Waals surface area (Å²) in [6, 6.07) is 0. The largest absolute Gasteiger partial charge is 0.225 e. The maximum absolute atomic E-state index is 3.56. The van der Waals surface area contributed by atoms with Crippen molar-refractivity contribution in [3.8, 4) is 0 Å². The minimum absolute atomic E-state index is 0. The topological polar surface area (TPSA) is 38.7 Å². The van der Waals surface area contributed by atoms with Crippen LogP contribution in [-0.2, 0) is 0 Å². The first-order valence-corrected chi connectivity index (χ1v) is 1.55. The smallest absolute Gasteiger partial charge is 0.119 e. The third kappa shape index (κ3) is 2.18. The van der Waals surface area contributed by atoms with Crippen LogP contribution in [-0.4, -0.2) is 15.0 Å². The van der Waals surface area contributed by atoms with Crippen molar-refractivity contribution in [2.24, 2.45) is 0 Å². The Kier molecular flexibility index (Phi) is 3.33. The molecule has 1 aromatic rings. The van der Waals surface area contributed by atoms with Crippen LogP contribution in [0.1, 0.15) is 0 Å². The molecule has 0 spiro atoms. The summed E-state index contributed by atoms with van der Waals surface area (Å²) in [6.07, 6.45) is 4.31. The summed E-state index contributed by atoms with van der Waals surface area (Å²) in [6.45, 7) is 0. The van der Waals surface area contributed by atoms with Crippen LogP contribution in [0.5, 0.6) is 0 Å². The highest BCUT2D eigenvalue weighted by molar-refractivity contribution is 6.92. The van der Waals surface area contributed by atoms with Gasteiger partial charge in [-0.1, -0.05) is 0 Å². The van der Waals surface area contributed by atoms with E-state index in [2.05, 4.69) is 15.0 Å². The molecule has 1 heterocycles. The van der Waals surface area contributed by atoms with Crippen LogP contribution in [0.3, 0.4) is 0 Å². The average Bonchev–Trinajstić information content (AvgIpc) is 1.72. The van der Waals surface area contributed by atoms with Crippen LogP contribution in [0.15, 0.2) is 19.0 Å². The van der Waals surface area contributed by atoms with Crippen LogP contribution in [0.4, 0.5) is 0 Å². The molecule has 1 rings (SSSR count). The first kappa shape index (κ1) is 6.44. The van der Waals surface area contributed by atoms with Crippen molar-refractivity contribution in [1.29, 1.82) is 0 Å². The molecule has 7 heavy (non-hydrogen) atoms. The van der Waals surface area contributed by atoms with E-state index in [1.54, 1.807) is 0 Å². The molecule has 0 aliphatic rings. The first-order valence-electron chi connectivity index (χ1n) is 1.55. The Morgan fingerprint density at radius 2 is 1.00 bits per heavy atom. The number of hydrogen-bond acceptors (Lipinski definition) is 3. The first-order chi connectivity index (χ1) is 3.00. The van der Waals surface area contributed by atoms with Gasteiger partial charge in [0.2, 0.25) is 0 Å². The van der Waals surface area contributed by atoms with Crippen molar-refractivity contribution < 1.29 is 0 Å². The molecule has 0 aromatic carbocycles. The summed E-state index contributed by atoms with van der Waals surface area (Å²) in [5.41, 5.74) is 0. The summed E-state index contributed by atoms with van der Waals surface area (Å²) >= 11 is 0. The molecule has 1 atom stereocenters. The van der Waals surface area contributed by atoms with Gasteiger partial charge in [-0.25, -0.2) is 15.0 Å². The van der Waals surface area contributed by atoms with E-state index in [1.165, 1.54) is 19.0 Å². The number of nitrogens with zero attached hydrogens (tertiary/aromatic N) is 3. The molecule has 4 heteroatoms. The lowest BCUT2D eigenvalue weighted by atomic mass is 11.1. The zero-order chi connectivity index (χ0) is 4.24. The molecule has 1 aromatic heterocycles. The van der Waals surface area contributed by atoms with Gasteiger partial charge in [0.1, 0.15) is 19.0 Å². The van der Waals surface area contributed by atoms with E-state index in [-0.39, 0.29) is 9.90 Å². The van der Waals surface area contributed by atoms with Gasteiger partial charge in [-0.3, -0.25) is 0 Å². The molecular formula is C3H6N3P. The molecule has 0 aliphatic heterocycles. The molecule has 0 aliphatic carbocycles. The van der Waals surface area contributed by atoms with Gasteiger partial charge in [0.05, 0.1) is 0 Å². The van der Waals surface area contributed by atoms with Gasteiger partial charge in [-0.15, -0.1) is 0 Å². The summed E-state index contributed by atoms with van der Waals surface area (Å²) < 4.78 is 0. The van der Waals surface area contributed by atoms with E-state index in [4.69, 9.17) is 0 Å².